The van der Waals surface area contributed by atoms with Gasteiger partial charge in [0.25, 0.3) is 0 Å². The van der Waals surface area contributed by atoms with Crippen LogP contribution in [0.5, 0.6) is 0 Å². The van der Waals surface area contributed by atoms with Gasteiger partial charge in [0.05, 0.1) is 17.6 Å². The standard InChI is InChI=1S/C14H20N2O4S/c1-11-4-5-12(10-13(11)14(17)20-2)21(18,19)16-8-3-6-15-7-9-16/h4-5,10,15H,3,6-9H2,1-2H3. The number of ether oxygens (including phenoxy) is 1. The number of aryl methyl sites for hydroxylation is 1. The van der Waals surface area contributed by atoms with Crippen molar-refractivity contribution in [3.8, 4) is 0 Å². The lowest BCUT2D eigenvalue weighted by Crippen LogP contribution is -2.34. The molecule has 0 unspecified atom stereocenters. The molecule has 0 amide bonds. The Labute approximate surface area is 125 Å². The maximum absolute atomic E-state index is 12.7. The smallest absolute Gasteiger partial charge is 0.338 e. The summed E-state index contributed by atoms with van der Waals surface area (Å²) in [5.41, 5.74) is 0.977. The van der Waals surface area contributed by atoms with Crippen LogP contribution >= 0.6 is 0 Å². The number of carbonyl (C=O) groups excluding carboxylic acids is 1. The van der Waals surface area contributed by atoms with Crippen LogP contribution in [0.3, 0.4) is 0 Å². The van der Waals surface area contributed by atoms with Crippen LogP contribution < -0.4 is 5.32 Å². The molecule has 0 aromatic heterocycles. The number of esters is 1. The zero-order valence-corrected chi connectivity index (χ0v) is 13.1. The monoisotopic (exact) mass is 312 g/mol. The Balaban J connectivity index is 2.37. The van der Waals surface area contributed by atoms with Gasteiger partial charge in [-0.1, -0.05) is 6.07 Å². The summed E-state index contributed by atoms with van der Waals surface area (Å²) in [5.74, 6) is -0.526. The molecule has 7 heteroatoms. The first-order chi connectivity index (χ1) is 9.96. The number of nitrogens with zero attached hydrogens (tertiary/aromatic N) is 1. The van der Waals surface area contributed by atoms with Crippen LogP contribution in [-0.2, 0) is 14.8 Å². The van der Waals surface area contributed by atoms with E-state index in [2.05, 4.69) is 5.32 Å². The fourth-order valence-corrected chi connectivity index (χ4v) is 3.81. The van der Waals surface area contributed by atoms with Crippen LogP contribution in [0, 0.1) is 6.92 Å². The number of carbonyl (C=O) groups is 1. The number of sulfonamides is 1. The summed E-state index contributed by atoms with van der Waals surface area (Å²) in [6.07, 6.45) is 0.773. The Morgan fingerprint density at radius 1 is 1.29 bits per heavy atom. The molecule has 2 rings (SSSR count). The summed E-state index contributed by atoms with van der Waals surface area (Å²) < 4.78 is 31.5. The van der Waals surface area contributed by atoms with E-state index in [1.807, 2.05) is 0 Å². The number of rotatable bonds is 3. The van der Waals surface area contributed by atoms with Crippen LogP contribution in [0.25, 0.3) is 0 Å². The molecule has 0 atom stereocenters. The van der Waals surface area contributed by atoms with Gasteiger partial charge in [-0.15, -0.1) is 0 Å². The van der Waals surface area contributed by atoms with Crippen molar-refractivity contribution in [3.05, 3.63) is 29.3 Å². The largest absolute Gasteiger partial charge is 0.465 e. The van der Waals surface area contributed by atoms with Gasteiger partial charge in [-0.05, 0) is 37.6 Å². The first kappa shape index (κ1) is 15.9. The number of hydrogen-bond donors (Lipinski definition) is 1. The molecule has 1 N–H and O–H groups in total. The molecule has 1 aliphatic rings. The van der Waals surface area contributed by atoms with Gasteiger partial charge in [-0.25, -0.2) is 13.2 Å². The summed E-state index contributed by atoms with van der Waals surface area (Å²) in [4.78, 5) is 11.8. The third kappa shape index (κ3) is 3.42. The molecule has 0 radical (unpaired) electrons. The Bertz CT molecular complexity index is 620. The van der Waals surface area contributed by atoms with E-state index in [-0.39, 0.29) is 10.5 Å². The molecule has 0 bridgehead atoms. The van der Waals surface area contributed by atoms with Gasteiger partial charge in [-0.2, -0.15) is 4.31 Å². The second kappa shape index (κ2) is 6.55. The number of hydrogen-bond acceptors (Lipinski definition) is 5. The zero-order chi connectivity index (χ0) is 15.5. The fraction of sp³-hybridized carbons (Fsp3) is 0.500. The van der Waals surface area contributed by atoms with Crippen molar-refractivity contribution < 1.29 is 17.9 Å². The molecule has 1 heterocycles. The van der Waals surface area contributed by atoms with Crippen molar-refractivity contribution in [3.63, 3.8) is 0 Å². The molecule has 116 valence electrons. The van der Waals surface area contributed by atoms with E-state index in [9.17, 15) is 13.2 Å². The molecule has 1 saturated heterocycles. The molecule has 1 aromatic carbocycles. The maximum Gasteiger partial charge on any atom is 0.338 e. The molecule has 6 nitrogen and oxygen atoms in total. The highest BCUT2D eigenvalue weighted by molar-refractivity contribution is 7.89. The van der Waals surface area contributed by atoms with Gasteiger partial charge >= 0.3 is 5.97 Å². The molecule has 0 spiro atoms. The lowest BCUT2D eigenvalue weighted by Gasteiger charge is -2.20. The molecule has 0 saturated carbocycles. The van der Waals surface area contributed by atoms with Crippen molar-refractivity contribution in [2.75, 3.05) is 33.3 Å². The predicted molar refractivity (Wildman–Crippen MR) is 78.8 cm³/mol. The second-order valence-electron chi connectivity index (χ2n) is 4.98. The summed E-state index contributed by atoms with van der Waals surface area (Å²) in [7, 11) is -2.30. The van der Waals surface area contributed by atoms with Gasteiger partial charge in [0, 0.05) is 19.6 Å². The van der Waals surface area contributed by atoms with Crippen molar-refractivity contribution >= 4 is 16.0 Å². The summed E-state index contributed by atoms with van der Waals surface area (Å²) in [6, 6.07) is 4.57. The molecule has 1 aromatic rings. The van der Waals surface area contributed by atoms with E-state index in [0.717, 1.165) is 13.0 Å². The summed E-state index contributed by atoms with van der Waals surface area (Å²) in [5, 5.41) is 3.17. The molecule has 1 aliphatic heterocycles. The fourth-order valence-electron chi connectivity index (χ4n) is 2.30. The van der Waals surface area contributed by atoms with Gasteiger partial charge < -0.3 is 10.1 Å². The Kier molecular flexibility index (Phi) is 4.97. The second-order valence-corrected chi connectivity index (χ2v) is 6.91. The van der Waals surface area contributed by atoms with Crippen LogP contribution in [0.15, 0.2) is 23.1 Å². The maximum atomic E-state index is 12.7. The minimum Gasteiger partial charge on any atom is -0.465 e. The van der Waals surface area contributed by atoms with Crippen molar-refractivity contribution in [2.45, 2.75) is 18.2 Å². The molecular formula is C14H20N2O4S. The van der Waals surface area contributed by atoms with Gasteiger partial charge in [0.1, 0.15) is 0 Å². The van der Waals surface area contributed by atoms with E-state index in [0.29, 0.717) is 25.2 Å². The van der Waals surface area contributed by atoms with Gasteiger partial charge in [0.2, 0.25) is 10.0 Å². The third-order valence-corrected chi connectivity index (χ3v) is 5.45. The van der Waals surface area contributed by atoms with Crippen molar-refractivity contribution in [1.29, 1.82) is 0 Å². The van der Waals surface area contributed by atoms with Crippen molar-refractivity contribution in [1.82, 2.24) is 9.62 Å². The molecule has 21 heavy (non-hydrogen) atoms. The first-order valence-electron chi connectivity index (χ1n) is 6.86. The Morgan fingerprint density at radius 3 is 2.76 bits per heavy atom. The van der Waals surface area contributed by atoms with E-state index < -0.39 is 16.0 Å². The van der Waals surface area contributed by atoms with E-state index in [1.54, 1.807) is 13.0 Å². The summed E-state index contributed by atoms with van der Waals surface area (Å²) in [6.45, 7) is 4.11. The van der Waals surface area contributed by atoms with Gasteiger partial charge in [-0.3, -0.25) is 0 Å². The van der Waals surface area contributed by atoms with Crippen LogP contribution in [0.2, 0.25) is 0 Å². The van der Waals surface area contributed by atoms with Crippen LogP contribution in [0.4, 0.5) is 0 Å². The van der Waals surface area contributed by atoms with Crippen LogP contribution in [0.1, 0.15) is 22.3 Å². The highest BCUT2D eigenvalue weighted by atomic mass is 32.2. The average Bonchev–Trinajstić information content (AvgIpc) is 2.76. The predicted octanol–water partition coefficient (Wildman–Crippen LogP) is 0.766. The molecular weight excluding hydrogens is 292 g/mol. The minimum atomic E-state index is -3.58. The first-order valence-corrected chi connectivity index (χ1v) is 8.30. The summed E-state index contributed by atoms with van der Waals surface area (Å²) >= 11 is 0. The van der Waals surface area contributed by atoms with Crippen LogP contribution in [-0.4, -0.2) is 52.0 Å². The zero-order valence-electron chi connectivity index (χ0n) is 12.3. The highest BCUT2D eigenvalue weighted by Gasteiger charge is 2.26. The number of benzene rings is 1. The molecule has 0 aliphatic carbocycles. The third-order valence-electron chi connectivity index (χ3n) is 3.55. The Morgan fingerprint density at radius 2 is 2.05 bits per heavy atom. The number of methoxy groups -OCH3 is 1. The SMILES string of the molecule is COC(=O)c1cc(S(=O)(=O)N2CCCNCC2)ccc1C. The highest BCUT2D eigenvalue weighted by Crippen LogP contribution is 2.20. The topological polar surface area (TPSA) is 75.7 Å². The van der Waals surface area contributed by atoms with Crippen molar-refractivity contribution in [2.24, 2.45) is 0 Å². The van der Waals surface area contributed by atoms with Gasteiger partial charge in [0.15, 0.2) is 0 Å². The Hall–Kier alpha value is -1.44. The lowest BCUT2D eigenvalue weighted by molar-refractivity contribution is 0.0599. The van der Waals surface area contributed by atoms with E-state index >= 15 is 0 Å². The minimum absolute atomic E-state index is 0.135. The number of nitrogens with one attached hydrogen (secondary N) is 1. The molecule has 1 fully saturated rings. The normalized spacial score (nSPS) is 17.2. The lowest BCUT2D eigenvalue weighted by atomic mass is 10.1. The average molecular weight is 312 g/mol. The van der Waals surface area contributed by atoms with E-state index in [4.69, 9.17) is 4.74 Å². The van der Waals surface area contributed by atoms with E-state index in [1.165, 1.54) is 23.5 Å². The quantitative estimate of drug-likeness (QED) is 0.834.